The number of ether oxygens (including phenoxy) is 2. The normalized spacial score (nSPS) is 21.1. The highest BCUT2D eigenvalue weighted by molar-refractivity contribution is 6.00. The van der Waals surface area contributed by atoms with E-state index < -0.39 is 5.60 Å². The number of methoxy groups -OCH3 is 1. The summed E-state index contributed by atoms with van der Waals surface area (Å²) in [6.45, 7) is 4.45. The van der Waals surface area contributed by atoms with Crippen LogP contribution in [-0.2, 0) is 4.74 Å². The number of hydrogen-bond donors (Lipinski definition) is 2. The number of carbonyl (C=O) groups excluding carboxylic acids is 1. The van der Waals surface area contributed by atoms with Gasteiger partial charge in [-0.15, -0.1) is 0 Å². The largest absolute Gasteiger partial charge is 0.495 e. The van der Waals surface area contributed by atoms with Gasteiger partial charge in [0.25, 0.3) is 5.91 Å². The number of amides is 1. The lowest BCUT2D eigenvalue weighted by Gasteiger charge is -2.42. The molecule has 0 radical (unpaired) electrons. The smallest absolute Gasteiger partial charge is 0.256 e. The SMILES string of the molecule is COc1cccc(C(=O)N2CC(CO)OC(C)(C)C2)c1N. The van der Waals surface area contributed by atoms with Crippen LogP contribution in [0.2, 0.25) is 0 Å². The summed E-state index contributed by atoms with van der Waals surface area (Å²) in [7, 11) is 1.51. The highest BCUT2D eigenvalue weighted by Gasteiger charge is 2.36. The molecule has 21 heavy (non-hydrogen) atoms. The summed E-state index contributed by atoms with van der Waals surface area (Å²) in [4.78, 5) is 14.4. The Morgan fingerprint density at radius 3 is 2.90 bits per heavy atom. The van der Waals surface area contributed by atoms with Crippen molar-refractivity contribution in [3.05, 3.63) is 23.8 Å². The third-order valence-corrected chi connectivity index (χ3v) is 3.49. The number of hydrogen-bond acceptors (Lipinski definition) is 5. The van der Waals surface area contributed by atoms with Crippen LogP contribution in [0.3, 0.4) is 0 Å². The number of para-hydroxylation sites is 1. The molecular formula is C15H22N2O4. The van der Waals surface area contributed by atoms with E-state index in [1.807, 2.05) is 13.8 Å². The summed E-state index contributed by atoms with van der Waals surface area (Å²) < 4.78 is 10.9. The second-order valence-electron chi connectivity index (χ2n) is 5.79. The molecule has 2 rings (SSSR count). The molecule has 1 amide bonds. The lowest BCUT2D eigenvalue weighted by atomic mass is 10.0. The minimum absolute atomic E-state index is 0.124. The zero-order valence-corrected chi connectivity index (χ0v) is 12.6. The Labute approximate surface area is 124 Å². The average Bonchev–Trinajstić information content (AvgIpc) is 2.45. The zero-order valence-electron chi connectivity index (χ0n) is 12.6. The average molecular weight is 294 g/mol. The van der Waals surface area contributed by atoms with Gasteiger partial charge in [-0.25, -0.2) is 0 Å². The molecule has 6 nitrogen and oxygen atoms in total. The zero-order chi connectivity index (χ0) is 15.6. The van der Waals surface area contributed by atoms with Gasteiger partial charge in [0.15, 0.2) is 0 Å². The Morgan fingerprint density at radius 2 is 2.29 bits per heavy atom. The van der Waals surface area contributed by atoms with E-state index in [1.165, 1.54) is 7.11 Å². The molecule has 1 aromatic rings. The van der Waals surface area contributed by atoms with Crippen molar-refractivity contribution in [1.29, 1.82) is 0 Å². The Bertz CT molecular complexity index is 530. The fourth-order valence-electron chi connectivity index (χ4n) is 2.62. The molecule has 1 fully saturated rings. The lowest BCUT2D eigenvalue weighted by molar-refractivity contribution is -0.139. The fraction of sp³-hybridized carbons (Fsp3) is 0.533. The van der Waals surface area contributed by atoms with Gasteiger partial charge < -0.3 is 25.2 Å². The Hall–Kier alpha value is -1.79. The number of morpholine rings is 1. The fourth-order valence-corrected chi connectivity index (χ4v) is 2.62. The van der Waals surface area contributed by atoms with E-state index in [2.05, 4.69) is 0 Å². The molecule has 1 aliphatic rings. The van der Waals surface area contributed by atoms with E-state index in [0.29, 0.717) is 30.1 Å². The van der Waals surface area contributed by atoms with E-state index in [1.54, 1.807) is 23.1 Å². The monoisotopic (exact) mass is 294 g/mol. The number of nitrogens with two attached hydrogens (primary N) is 1. The third kappa shape index (κ3) is 3.28. The molecule has 1 aromatic carbocycles. The van der Waals surface area contributed by atoms with Crippen LogP contribution >= 0.6 is 0 Å². The number of carbonyl (C=O) groups is 1. The summed E-state index contributed by atoms with van der Waals surface area (Å²) in [6.07, 6.45) is -0.385. The van der Waals surface area contributed by atoms with Crippen LogP contribution in [0.15, 0.2) is 18.2 Å². The van der Waals surface area contributed by atoms with Crippen LogP contribution < -0.4 is 10.5 Å². The van der Waals surface area contributed by atoms with Crippen LogP contribution in [0, 0.1) is 0 Å². The first-order chi connectivity index (χ1) is 9.88. The predicted molar refractivity (Wildman–Crippen MR) is 79.3 cm³/mol. The topological polar surface area (TPSA) is 85.0 Å². The van der Waals surface area contributed by atoms with Crippen LogP contribution in [0.4, 0.5) is 5.69 Å². The van der Waals surface area contributed by atoms with Gasteiger partial charge >= 0.3 is 0 Å². The van der Waals surface area contributed by atoms with Crippen molar-refractivity contribution in [2.75, 3.05) is 32.5 Å². The quantitative estimate of drug-likeness (QED) is 0.809. The Balaban J connectivity index is 2.27. The number of aliphatic hydroxyl groups excluding tert-OH is 1. The number of nitrogen functional groups attached to an aromatic ring is 1. The van der Waals surface area contributed by atoms with Crippen molar-refractivity contribution >= 4 is 11.6 Å². The van der Waals surface area contributed by atoms with Crippen molar-refractivity contribution in [3.8, 4) is 5.75 Å². The van der Waals surface area contributed by atoms with Gasteiger partial charge in [-0.05, 0) is 26.0 Å². The van der Waals surface area contributed by atoms with E-state index >= 15 is 0 Å². The second-order valence-corrected chi connectivity index (χ2v) is 5.79. The van der Waals surface area contributed by atoms with Gasteiger partial charge in [0.05, 0.1) is 36.7 Å². The summed E-state index contributed by atoms with van der Waals surface area (Å²) in [5, 5.41) is 9.32. The molecule has 1 heterocycles. The molecule has 0 spiro atoms. The second kappa shape index (κ2) is 5.91. The maximum absolute atomic E-state index is 12.7. The molecule has 116 valence electrons. The number of aliphatic hydroxyl groups is 1. The third-order valence-electron chi connectivity index (χ3n) is 3.49. The van der Waals surface area contributed by atoms with Crippen LogP contribution in [0.25, 0.3) is 0 Å². The maximum atomic E-state index is 12.7. The molecule has 0 saturated carbocycles. The van der Waals surface area contributed by atoms with Crippen molar-refractivity contribution in [3.63, 3.8) is 0 Å². The highest BCUT2D eigenvalue weighted by atomic mass is 16.5. The molecular weight excluding hydrogens is 272 g/mol. The molecule has 1 atom stereocenters. The summed E-state index contributed by atoms with van der Waals surface area (Å²) >= 11 is 0. The number of anilines is 1. The molecule has 1 aliphatic heterocycles. The first-order valence-electron chi connectivity index (χ1n) is 6.88. The molecule has 0 bridgehead atoms. The van der Waals surface area contributed by atoms with Gasteiger partial charge in [0, 0.05) is 13.1 Å². The molecule has 0 aliphatic carbocycles. The Morgan fingerprint density at radius 1 is 1.57 bits per heavy atom. The van der Waals surface area contributed by atoms with Crippen molar-refractivity contribution in [2.45, 2.75) is 25.6 Å². The van der Waals surface area contributed by atoms with Gasteiger partial charge in [0.2, 0.25) is 0 Å². The minimum Gasteiger partial charge on any atom is -0.495 e. The number of rotatable bonds is 3. The van der Waals surface area contributed by atoms with Crippen LogP contribution in [0.5, 0.6) is 5.75 Å². The summed E-state index contributed by atoms with van der Waals surface area (Å²) in [5.41, 5.74) is 6.21. The molecule has 0 aromatic heterocycles. The standard InChI is InChI=1S/C15H22N2O4/c1-15(2)9-17(7-10(8-18)21-15)14(19)11-5-4-6-12(20-3)13(11)16/h4-6,10,18H,7-9,16H2,1-3H3. The van der Waals surface area contributed by atoms with Crippen molar-refractivity contribution in [1.82, 2.24) is 4.90 Å². The first-order valence-corrected chi connectivity index (χ1v) is 6.88. The van der Waals surface area contributed by atoms with Gasteiger partial charge in [0.1, 0.15) is 5.75 Å². The van der Waals surface area contributed by atoms with Gasteiger partial charge in [-0.2, -0.15) is 0 Å². The summed E-state index contributed by atoms with van der Waals surface area (Å²) in [6, 6.07) is 5.13. The lowest BCUT2D eigenvalue weighted by Crippen LogP contribution is -2.55. The molecule has 1 unspecified atom stereocenters. The summed E-state index contributed by atoms with van der Waals surface area (Å²) in [5.74, 6) is 0.299. The van der Waals surface area contributed by atoms with Gasteiger partial charge in [-0.1, -0.05) is 6.07 Å². The van der Waals surface area contributed by atoms with E-state index in [0.717, 1.165) is 0 Å². The first kappa shape index (κ1) is 15.6. The molecule has 1 saturated heterocycles. The maximum Gasteiger partial charge on any atom is 0.256 e. The number of benzene rings is 1. The van der Waals surface area contributed by atoms with Crippen LogP contribution in [-0.4, -0.2) is 54.4 Å². The van der Waals surface area contributed by atoms with Crippen molar-refractivity contribution in [2.24, 2.45) is 0 Å². The van der Waals surface area contributed by atoms with E-state index in [4.69, 9.17) is 15.2 Å². The van der Waals surface area contributed by atoms with E-state index in [9.17, 15) is 9.90 Å². The molecule has 3 N–H and O–H groups in total. The minimum atomic E-state index is -0.505. The van der Waals surface area contributed by atoms with Crippen molar-refractivity contribution < 1.29 is 19.4 Å². The van der Waals surface area contributed by atoms with Crippen LogP contribution in [0.1, 0.15) is 24.2 Å². The highest BCUT2D eigenvalue weighted by Crippen LogP contribution is 2.28. The van der Waals surface area contributed by atoms with Gasteiger partial charge in [-0.3, -0.25) is 4.79 Å². The Kier molecular flexibility index (Phi) is 4.39. The van der Waals surface area contributed by atoms with E-state index in [-0.39, 0.29) is 18.6 Å². The number of nitrogens with zero attached hydrogens (tertiary/aromatic N) is 1. The predicted octanol–water partition coefficient (Wildman–Crippen LogP) is 0.889. The molecule has 6 heteroatoms.